The highest BCUT2D eigenvalue weighted by molar-refractivity contribution is 7.98. The lowest BCUT2D eigenvalue weighted by Crippen LogP contribution is -2.16. The first-order valence-electron chi connectivity index (χ1n) is 5.85. The van der Waals surface area contributed by atoms with Gasteiger partial charge in [-0.25, -0.2) is 4.98 Å². The smallest absolute Gasteiger partial charge is 0.208 e. The lowest BCUT2D eigenvalue weighted by atomic mass is 10.0. The Morgan fingerprint density at radius 2 is 2.11 bits per heavy atom. The van der Waals surface area contributed by atoms with Gasteiger partial charge in [0.2, 0.25) is 5.16 Å². The molecule has 1 N–H and O–H groups in total. The van der Waals surface area contributed by atoms with Gasteiger partial charge in [-0.3, -0.25) is 5.10 Å². The van der Waals surface area contributed by atoms with E-state index in [4.69, 9.17) is 0 Å². The number of rotatable bonds is 4. The third-order valence-corrected chi connectivity index (χ3v) is 3.61. The van der Waals surface area contributed by atoms with Gasteiger partial charge >= 0.3 is 0 Å². The molecule has 18 heavy (non-hydrogen) atoms. The third-order valence-electron chi connectivity index (χ3n) is 3.06. The minimum Gasteiger partial charge on any atom is -0.303 e. The fraction of sp³-hybridized carbons (Fsp3) is 0.385. The van der Waals surface area contributed by atoms with Crippen LogP contribution >= 0.6 is 11.8 Å². The Hall–Kier alpha value is -1.33. The Kier molecular flexibility index (Phi) is 4.04. The Morgan fingerprint density at radius 1 is 1.33 bits per heavy atom. The van der Waals surface area contributed by atoms with E-state index in [0.29, 0.717) is 6.04 Å². The summed E-state index contributed by atoms with van der Waals surface area (Å²) < 4.78 is 0. The molecular formula is C13H18N4S. The van der Waals surface area contributed by atoms with Crippen molar-refractivity contribution >= 4 is 11.8 Å². The molecule has 1 heterocycles. The molecule has 0 radical (unpaired) electrons. The van der Waals surface area contributed by atoms with E-state index in [1.807, 2.05) is 6.26 Å². The summed E-state index contributed by atoms with van der Waals surface area (Å²) in [6.45, 7) is 2.19. The summed E-state index contributed by atoms with van der Waals surface area (Å²) in [7, 11) is 4.16. The second-order valence-electron chi connectivity index (χ2n) is 4.44. The van der Waals surface area contributed by atoms with Crippen LogP contribution in [0.3, 0.4) is 0 Å². The van der Waals surface area contributed by atoms with Gasteiger partial charge in [-0.1, -0.05) is 30.0 Å². The molecule has 0 aliphatic carbocycles. The average Bonchev–Trinajstić information content (AvgIpc) is 2.86. The molecule has 0 spiro atoms. The van der Waals surface area contributed by atoms with E-state index in [1.165, 1.54) is 17.3 Å². The van der Waals surface area contributed by atoms with Crippen LogP contribution in [0.5, 0.6) is 0 Å². The fourth-order valence-electron chi connectivity index (χ4n) is 1.71. The molecule has 0 amide bonds. The molecule has 96 valence electrons. The van der Waals surface area contributed by atoms with Gasteiger partial charge in [0.1, 0.15) is 0 Å². The molecule has 0 bridgehead atoms. The van der Waals surface area contributed by atoms with Crippen molar-refractivity contribution in [2.24, 2.45) is 0 Å². The Morgan fingerprint density at radius 3 is 2.72 bits per heavy atom. The van der Waals surface area contributed by atoms with Crippen LogP contribution in [0, 0.1) is 0 Å². The van der Waals surface area contributed by atoms with Crippen molar-refractivity contribution in [3.05, 3.63) is 29.8 Å². The molecule has 0 aliphatic rings. The predicted molar refractivity (Wildman–Crippen MR) is 75.7 cm³/mol. The summed E-state index contributed by atoms with van der Waals surface area (Å²) in [6, 6.07) is 8.80. The molecule has 1 atom stereocenters. The number of thioether (sulfide) groups is 1. The van der Waals surface area contributed by atoms with Crippen molar-refractivity contribution in [2.75, 3.05) is 20.4 Å². The van der Waals surface area contributed by atoms with Gasteiger partial charge in [0.05, 0.1) is 0 Å². The molecule has 2 rings (SSSR count). The quantitative estimate of drug-likeness (QED) is 0.861. The summed E-state index contributed by atoms with van der Waals surface area (Å²) in [6.07, 6.45) is 1.97. The van der Waals surface area contributed by atoms with Crippen LogP contribution in [0.4, 0.5) is 0 Å². The SMILES string of the molecule is CSc1n[nH]c(-c2cccc([C@@H](C)N(C)C)c2)n1. The van der Waals surface area contributed by atoms with E-state index >= 15 is 0 Å². The van der Waals surface area contributed by atoms with E-state index in [1.54, 1.807) is 0 Å². The van der Waals surface area contributed by atoms with Gasteiger partial charge in [-0.05, 0) is 38.9 Å². The van der Waals surface area contributed by atoms with Gasteiger partial charge in [-0.15, -0.1) is 5.10 Å². The zero-order chi connectivity index (χ0) is 13.1. The van der Waals surface area contributed by atoms with Gasteiger partial charge in [0.25, 0.3) is 0 Å². The van der Waals surface area contributed by atoms with E-state index in [0.717, 1.165) is 16.5 Å². The summed E-state index contributed by atoms with van der Waals surface area (Å²) in [5.74, 6) is 0.826. The van der Waals surface area contributed by atoms with E-state index in [-0.39, 0.29) is 0 Å². The minimum atomic E-state index is 0.382. The zero-order valence-corrected chi connectivity index (χ0v) is 12.0. The maximum absolute atomic E-state index is 4.43. The number of hydrogen-bond donors (Lipinski definition) is 1. The molecule has 5 heteroatoms. The highest BCUT2D eigenvalue weighted by atomic mass is 32.2. The molecule has 0 fully saturated rings. The van der Waals surface area contributed by atoms with Crippen molar-refractivity contribution in [1.29, 1.82) is 0 Å². The van der Waals surface area contributed by atoms with Crippen LogP contribution in [0.1, 0.15) is 18.5 Å². The van der Waals surface area contributed by atoms with Gasteiger partial charge < -0.3 is 4.90 Å². The summed E-state index contributed by atoms with van der Waals surface area (Å²) in [5, 5.41) is 7.88. The minimum absolute atomic E-state index is 0.382. The Labute approximate surface area is 112 Å². The van der Waals surface area contributed by atoms with Crippen LogP contribution < -0.4 is 0 Å². The van der Waals surface area contributed by atoms with Crippen molar-refractivity contribution in [1.82, 2.24) is 20.1 Å². The normalized spacial score (nSPS) is 12.9. The van der Waals surface area contributed by atoms with Crippen molar-refractivity contribution in [3.8, 4) is 11.4 Å². The van der Waals surface area contributed by atoms with Crippen LogP contribution in [0.2, 0.25) is 0 Å². The first-order valence-corrected chi connectivity index (χ1v) is 7.07. The third kappa shape index (κ3) is 2.73. The molecular weight excluding hydrogens is 244 g/mol. The molecule has 0 unspecified atom stereocenters. The molecule has 4 nitrogen and oxygen atoms in total. The van der Waals surface area contributed by atoms with E-state index < -0.39 is 0 Å². The zero-order valence-electron chi connectivity index (χ0n) is 11.1. The van der Waals surface area contributed by atoms with Crippen LogP contribution in [-0.2, 0) is 0 Å². The largest absolute Gasteiger partial charge is 0.303 e. The number of benzene rings is 1. The number of nitrogens with one attached hydrogen (secondary N) is 1. The van der Waals surface area contributed by atoms with Crippen molar-refractivity contribution in [3.63, 3.8) is 0 Å². The van der Waals surface area contributed by atoms with E-state index in [2.05, 4.69) is 65.4 Å². The van der Waals surface area contributed by atoms with E-state index in [9.17, 15) is 0 Å². The maximum Gasteiger partial charge on any atom is 0.208 e. The molecule has 0 saturated heterocycles. The van der Waals surface area contributed by atoms with Crippen molar-refractivity contribution in [2.45, 2.75) is 18.1 Å². The monoisotopic (exact) mass is 262 g/mol. The summed E-state index contributed by atoms with van der Waals surface area (Å²) in [4.78, 5) is 6.61. The number of nitrogens with zero attached hydrogens (tertiary/aromatic N) is 3. The van der Waals surface area contributed by atoms with Crippen LogP contribution in [0.25, 0.3) is 11.4 Å². The average molecular weight is 262 g/mol. The van der Waals surface area contributed by atoms with Crippen LogP contribution in [0.15, 0.2) is 29.4 Å². The lowest BCUT2D eigenvalue weighted by molar-refractivity contribution is 0.321. The number of hydrogen-bond acceptors (Lipinski definition) is 4. The summed E-state index contributed by atoms with van der Waals surface area (Å²) in [5.41, 5.74) is 2.36. The van der Waals surface area contributed by atoms with Crippen molar-refractivity contribution < 1.29 is 0 Å². The molecule has 1 aromatic heterocycles. The molecule has 0 aliphatic heterocycles. The number of aromatic nitrogens is 3. The lowest BCUT2D eigenvalue weighted by Gasteiger charge is -2.20. The second kappa shape index (κ2) is 5.54. The second-order valence-corrected chi connectivity index (χ2v) is 5.21. The van der Waals surface area contributed by atoms with Gasteiger partial charge in [0, 0.05) is 11.6 Å². The predicted octanol–water partition coefficient (Wildman–Crippen LogP) is 2.82. The Balaban J connectivity index is 2.32. The molecule has 2 aromatic rings. The van der Waals surface area contributed by atoms with Gasteiger partial charge in [-0.2, -0.15) is 0 Å². The summed E-state index contributed by atoms with van der Waals surface area (Å²) >= 11 is 1.54. The Bertz CT molecular complexity index is 521. The highest BCUT2D eigenvalue weighted by Gasteiger charge is 2.10. The maximum atomic E-state index is 4.43. The topological polar surface area (TPSA) is 44.8 Å². The van der Waals surface area contributed by atoms with Gasteiger partial charge in [0.15, 0.2) is 5.82 Å². The van der Waals surface area contributed by atoms with Crippen LogP contribution in [-0.4, -0.2) is 40.4 Å². The first-order chi connectivity index (χ1) is 8.61. The number of H-pyrrole nitrogens is 1. The standard InChI is InChI=1S/C13H18N4S/c1-9(17(2)3)10-6-5-7-11(8-10)12-14-13(18-4)16-15-12/h5-9H,1-4H3,(H,14,15,16)/t9-/m1/s1. The molecule has 0 saturated carbocycles. The fourth-order valence-corrected chi connectivity index (χ4v) is 2.03. The molecule has 1 aromatic carbocycles. The first kappa shape index (κ1) is 13.1. The highest BCUT2D eigenvalue weighted by Crippen LogP contribution is 2.23. The number of aromatic amines is 1.